The van der Waals surface area contributed by atoms with Crippen molar-refractivity contribution in [1.29, 1.82) is 0 Å². The van der Waals surface area contributed by atoms with Crippen LogP contribution in [0.15, 0.2) is 0 Å². The Bertz CT molecular complexity index is 65.8. The molecule has 0 saturated carbocycles. The summed E-state index contributed by atoms with van der Waals surface area (Å²) in [6.45, 7) is 7.27. The van der Waals surface area contributed by atoms with Gasteiger partial charge in [0.05, 0.1) is 6.61 Å². The number of rotatable bonds is 3. The summed E-state index contributed by atoms with van der Waals surface area (Å²) in [5.74, 6) is 0. The van der Waals surface area contributed by atoms with Crippen LogP contribution in [0.1, 0.15) is 27.2 Å². The molecule has 0 rings (SSSR count). The number of hydrogen-bond acceptors (Lipinski definition) is 2. The zero-order chi connectivity index (χ0) is 7.33. The minimum atomic E-state index is 0.358. The van der Waals surface area contributed by atoms with E-state index in [1.54, 1.807) is 0 Å². The van der Waals surface area contributed by atoms with E-state index in [-0.39, 0.29) is 0 Å². The van der Waals surface area contributed by atoms with Crippen molar-refractivity contribution in [3.8, 4) is 0 Å². The summed E-state index contributed by atoms with van der Waals surface area (Å²) in [5, 5.41) is 0. The maximum Gasteiger partial charge on any atom is 0.0687 e. The zero-order valence-electron chi connectivity index (χ0n) is 6.53. The van der Waals surface area contributed by atoms with Gasteiger partial charge < -0.3 is 4.84 Å². The molecule has 0 heterocycles. The lowest BCUT2D eigenvalue weighted by atomic mass is 9.93. The molecule has 0 bridgehead atoms. The molecule has 2 nitrogen and oxygen atoms in total. The van der Waals surface area contributed by atoms with E-state index < -0.39 is 0 Å². The highest BCUT2D eigenvalue weighted by molar-refractivity contribution is 4.59. The second kappa shape index (κ2) is 3.85. The minimum absolute atomic E-state index is 0.358. The molecule has 0 aliphatic rings. The highest BCUT2D eigenvalue weighted by atomic mass is 16.6. The van der Waals surface area contributed by atoms with E-state index in [0.29, 0.717) is 5.41 Å². The van der Waals surface area contributed by atoms with Gasteiger partial charge in [0.15, 0.2) is 0 Å². The third-order valence-electron chi connectivity index (χ3n) is 1.06. The van der Waals surface area contributed by atoms with Gasteiger partial charge in [-0.2, -0.15) is 0 Å². The van der Waals surface area contributed by atoms with Crippen LogP contribution in [0.2, 0.25) is 0 Å². The molecule has 0 amide bonds. The fourth-order valence-electron chi connectivity index (χ4n) is 0.429. The molecule has 0 aromatic rings. The maximum atomic E-state index is 4.85. The van der Waals surface area contributed by atoms with Gasteiger partial charge in [0.25, 0.3) is 0 Å². The Morgan fingerprint density at radius 3 is 2.33 bits per heavy atom. The first-order valence-corrected chi connectivity index (χ1v) is 3.20. The van der Waals surface area contributed by atoms with Crippen LogP contribution < -0.4 is 5.48 Å². The van der Waals surface area contributed by atoms with Crippen LogP contribution in [0.5, 0.6) is 0 Å². The molecule has 9 heavy (non-hydrogen) atoms. The first kappa shape index (κ1) is 8.92. The van der Waals surface area contributed by atoms with Gasteiger partial charge in [-0.1, -0.05) is 20.8 Å². The second-order valence-corrected chi connectivity index (χ2v) is 3.30. The molecule has 0 unspecified atom stereocenters. The quantitative estimate of drug-likeness (QED) is 0.464. The third kappa shape index (κ3) is 7.92. The van der Waals surface area contributed by atoms with Crippen molar-refractivity contribution in [1.82, 2.24) is 5.48 Å². The van der Waals surface area contributed by atoms with E-state index in [0.717, 1.165) is 13.0 Å². The van der Waals surface area contributed by atoms with Crippen LogP contribution in [0.4, 0.5) is 0 Å². The largest absolute Gasteiger partial charge is 0.302 e. The van der Waals surface area contributed by atoms with Gasteiger partial charge in [-0.3, -0.25) is 0 Å². The first-order valence-electron chi connectivity index (χ1n) is 3.20. The summed E-state index contributed by atoms with van der Waals surface area (Å²) in [4.78, 5) is 4.85. The number of hydroxylamine groups is 1. The van der Waals surface area contributed by atoms with Gasteiger partial charge in [-0.15, -0.1) is 0 Å². The Morgan fingerprint density at radius 1 is 1.44 bits per heavy atom. The highest BCUT2D eigenvalue weighted by Gasteiger charge is 2.08. The summed E-state index contributed by atoms with van der Waals surface area (Å²) >= 11 is 0. The Balaban J connectivity index is 3.07. The van der Waals surface area contributed by atoms with Gasteiger partial charge >= 0.3 is 0 Å². The molecule has 0 fully saturated rings. The Morgan fingerprint density at radius 2 is 2.00 bits per heavy atom. The molecule has 2 heteroatoms. The molecule has 1 N–H and O–H groups in total. The van der Waals surface area contributed by atoms with Gasteiger partial charge in [-0.25, -0.2) is 5.48 Å². The van der Waals surface area contributed by atoms with Crippen molar-refractivity contribution in [3.05, 3.63) is 7.05 Å². The molecule has 0 aromatic carbocycles. The number of hydrogen-bond donors (Lipinski definition) is 1. The van der Waals surface area contributed by atoms with E-state index >= 15 is 0 Å². The smallest absolute Gasteiger partial charge is 0.0687 e. The predicted molar refractivity (Wildman–Crippen MR) is 38.5 cm³/mol. The third-order valence-corrected chi connectivity index (χ3v) is 1.06. The van der Waals surface area contributed by atoms with E-state index in [9.17, 15) is 0 Å². The lowest BCUT2D eigenvalue weighted by Gasteiger charge is -2.16. The molecule has 0 spiro atoms. The molecule has 0 aliphatic heterocycles. The molecule has 0 aliphatic carbocycles. The average Bonchev–Trinajstić information content (AvgIpc) is 1.63. The van der Waals surface area contributed by atoms with Crippen LogP contribution in [0.3, 0.4) is 0 Å². The molecule has 0 atom stereocenters. The Labute approximate surface area is 57.5 Å². The van der Waals surface area contributed by atoms with Crippen LogP contribution in [0.25, 0.3) is 0 Å². The SMILES string of the molecule is [CH2]NOCCC(C)(C)C. The first-order chi connectivity index (χ1) is 4.06. The topological polar surface area (TPSA) is 21.3 Å². The Kier molecular flexibility index (Phi) is 3.82. The molecular weight excluding hydrogens is 114 g/mol. The fourth-order valence-corrected chi connectivity index (χ4v) is 0.429. The summed E-state index contributed by atoms with van der Waals surface area (Å²) in [7, 11) is 3.33. The normalized spacial score (nSPS) is 12.0. The average molecular weight is 130 g/mol. The van der Waals surface area contributed by atoms with Crippen LogP contribution in [0, 0.1) is 12.5 Å². The van der Waals surface area contributed by atoms with Crippen molar-refractivity contribution in [2.45, 2.75) is 27.2 Å². The number of nitrogens with one attached hydrogen (secondary N) is 1. The molecule has 0 saturated heterocycles. The van der Waals surface area contributed by atoms with E-state index in [4.69, 9.17) is 4.84 Å². The van der Waals surface area contributed by atoms with Crippen LogP contribution >= 0.6 is 0 Å². The summed E-state index contributed by atoms with van der Waals surface area (Å²) in [6, 6.07) is 0. The molecule has 55 valence electrons. The molecular formula is C7H16NO. The monoisotopic (exact) mass is 130 g/mol. The second-order valence-electron chi connectivity index (χ2n) is 3.30. The fraction of sp³-hybridized carbons (Fsp3) is 0.857. The van der Waals surface area contributed by atoms with Gasteiger partial charge in [0.2, 0.25) is 0 Å². The Hall–Kier alpha value is -0.0800. The standard InChI is InChI=1S/C7H16NO/c1-7(2,3)5-6-9-8-4/h8H,4-6H2,1-3H3. The van der Waals surface area contributed by atoms with Crippen molar-refractivity contribution in [3.63, 3.8) is 0 Å². The maximum absolute atomic E-state index is 4.85. The predicted octanol–water partition coefficient (Wildman–Crippen LogP) is 1.74. The zero-order valence-corrected chi connectivity index (χ0v) is 6.53. The lowest BCUT2D eigenvalue weighted by molar-refractivity contribution is 0.0510. The van der Waals surface area contributed by atoms with Crippen molar-refractivity contribution in [2.24, 2.45) is 5.41 Å². The summed E-state index contributed by atoms with van der Waals surface area (Å²) in [6.07, 6.45) is 1.05. The molecule has 1 radical (unpaired) electrons. The summed E-state index contributed by atoms with van der Waals surface area (Å²) in [5.41, 5.74) is 2.75. The lowest BCUT2D eigenvalue weighted by Crippen LogP contribution is -2.13. The van der Waals surface area contributed by atoms with Crippen LogP contribution in [-0.4, -0.2) is 6.61 Å². The van der Waals surface area contributed by atoms with Crippen molar-refractivity contribution in [2.75, 3.05) is 6.61 Å². The van der Waals surface area contributed by atoms with E-state index in [2.05, 4.69) is 33.3 Å². The molecule has 0 aromatic heterocycles. The highest BCUT2D eigenvalue weighted by Crippen LogP contribution is 2.17. The minimum Gasteiger partial charge on any atom is -0.302 e. The van der Waals surface area contributed by atoms with Gasteiger partial charge in [-0.05, 0) is 11.8 Å². The van der Waals surface area contributed by atoms with Crippen LogP contribution in [-0.2, 0) is 4.84 Å². The van der Waals surface area contributed by atoms with E-state index in [1.165, 1.54) is 0 Å². The van der Waals surface area contributed by atoms with E-state index in [1.807, 2.05) is 0 Å². The summed E-state index contributed by atoms with van der Waals surface area (Å²) < 4.78 is 0. The van der Waals surface area contributed by atoms with Crippen molar-refractivity contribution >= 4 is 0 Å². The van der Waals surface area contributed by atoms with Gasteiger partial charge in [0, 0.05) is 7.05 Å². The van der Waals surface area contributed by atoms with Crippen molar-refractivity contribution < 1.29 is 4.84 Å². The van der Waals surface area contributed by atoms with Gasteiger partial charge in [0.1, 0.15) is 0 Å².